The van der Waals surface area contributed by atoms with Crippen molar-refractivity contribution in [2.45, 2.75) is 65.2 Å². The van der Waals surface area contributed by atoms with Crippen LogP contribution in [0.5, 0.6) is 0 Å². The van der Waals surface area contributed by atoms with E-state index in [1.54, 1.807) is 0 Å². The highest BCUT2D eigenvalue weighted by atomic mass is 16.1. The molecule has 0 bridgehead atoms. The third-order valence-corrected chi connectivity index (χ3v) is 7.37. The van der Waals surface area contributed by atoms with Crippen LogP contribution in [0.25, 0.3) is 0 Å². The van der Waals surface area contributed by atoms with Gasteiger partial charge in [-0.15, -0.1) is 5.73 Å². The summed E-state index contributed by atoms with van der Waals surface area (Å²) in [5, 5.41) is 0. The molecule has 0 aromatic rings. The molecule has 4 aliphatic carbocycles. The summed E-state index contributed by atoms with van der Waals surface area (Å²) in [4.78, 5) is 11.8. The fourth-order valence-electron chi connectivity index (χ4n) is 6.02. The minimum Gasteiger partial charge on any atom is -0.299 e. The molecule has 20 heavy (non-hydrogen) atoms. The van der Waals surface area contributed by atoms with Crippen LogP contribution in [0.4, 0.5) is 0 Å². The maximum Gasteiger partial charge on any atom is 0.137 e. The van der Waals surface area contributed by atoms with E-state index in [-0.39, 0.29) is 5.41 Å². The molecule has 0 aromatic carbocycles. The average molecular weight is 270 g/mol. The molecule has 0 aromatic heterocycles. The van der Waals surface area contributed by atoms with Crippen LogP contribution in [-0.2, 0) is 4.79 Å². The molecule has 1 nitrogen and oxygen atoms in total. The van der Waals surface area contributed by atoms with Crippen molar-refractivity contribution in [2.24, 2.45) is 28.6 Å². The minimum absolute atomic E-state index is 0.275. The number of allylic oxidation sites excluding steroid dienone is 1. The Morgan fingerprint density at radius 3 is 2.85 bits per heavy atom. The lowest BCUT2D eigenvalue weighted by Crippen LogP contribution is -2.47. The third kappa shape index (κ3) is 1.59. The number of Topliss-reactive ketones (excluding diaryl/α,β-unsaturated/α-hetero) is 1. The topological polar surface area (TPSA) is 17.1 Å². The smallest absolute Gasteiger partial charge is 0.137 e. The quantitative estimate of drug-likeness (QED) is 0.584. The molecular weight excluding hydrogens is 244 g/mol. The number of carbonyl (C=O) groups excluding carboxylic acids is 1. The van der Waals surface area contributed by atoms with Crippen LogP contribution in [0, 0.1) is 28.6 Å². The van der Waals surface area contributed by atoms with E-state index < -0.39 is 0 Å². The van der Waals surface area contributed by atoms with Gasteiger partial charge in [-0.1, -0.05) is 20.3 Å². The Balaban J connectivity index is 1.76. The van der Waals surface area contributed by atoms with E-state index in [0.29, 0.717) is 17.6 Å². The van der Waals surface area contributed by atoms with Gasteiger partial charge >= 0.3 is 0 Å². The van der Waals surface area contributed by atoms with Crippen LogP contribution < -0.4 is 0 Å². The Morgan fingerprint density at radius 1 is 1.15 bits per heavy atom. The van der Waals surface area contributed by atoms with Gasteiger partial charge in [-0.05, 0) is 66.9 Å². The highest BCUT2D eigenvalue weighted by molar-refractivity contribution is 5.82. The molecule has 108 valence electrons. The first-order chi connectivity index (χ1) is 9.53. The van der Waals surface area contributed by atoms with E-state index in [0.717, 1.165) is 30.6 Å². The Kier molecular flexibility index (Phi) is 2.65. The van der Waals surface area contributed by atoms with E-state index in [2.05, 4.69) is 25.7 Å². The molecule has 3 fully saturated rings. The van der Waals surface area contributed by atoms with Crippen molar-refractivity contribution in [1.82, 2.24) is 0 Å². The van der Waals surface area contributed by atoms with Crippen LogP contribution in [0.3, 0.4) is 0 Å². The first kappa shape index (κ1) is 12.9. The third-order valence-electron chi connectivity index (χ3n) is 7.37. The molecule has 0 heterocycles. The number of rotatable bonds is 0. The molecule has 0 saturated heterocycles. The summed E-state index contributed by atoms with van der Waals surface area (Å²) in [7, 11) is 0. The van der Waals surface area contributed by atoms with Crippen molar-refractivity contribution in [3.8, 4) is 0 Å². The van der Waals surface area contributed by atoms with Gasteiger partial charge in [0.25, 0.3) is 0 Å². The van der Waals surface area contributed by atoms with Crippen LogP contribution >= 0.6 is 0 Å². The van der Waals surface area contributed by atoms with E-state index >= 15 is 0 Å². The lowest BCUT2D eigenvalue weighted by Gasteiger charge is -2.54. The summed E-state index contributed by atoms with van der Waals surface area (Å²) >= 11 is 0. The van der Waals surface area contributed by atoms with Crippen molar-refractivity contribution in [2.75, 3.05) is 0 Å². The number of hydrogen-bond donors (Lipinski definition) is 0. The van der Waals surface area contributed by atoms with Crippen LogP contribution in [0.15, 0.2) is 17.4 Å². The lowest BCUT2D eigenvalue weighted by atomic mass is 9.49. The Labute approximate surface area is 122 Å². The monoisotopic (exact) mass is 270 g/mol. The summed E-state index contributed by atoms with van der Waals surface area (Å²) in [6, 6.07) is 0. The zero-order chi connectivity index (χ0) is 14.0. The molecule has 3 saturated carbocycles. The Bertz CT molecular complexity index is 524. The zero-order valence-corrected chi connectivity index (χ0v) is 12.9. The molecule has 0 amide bonds. The van der Waals surface area contributed by atoms with Crippen molar-refractivity contribution in [3.63, 3.8) is 0 Å². The molecule has 0 radical (unpaired) electrons. The maximum absolute atomic E-state index is 11.8. The molecule has 0 unspecified atom stereocenters. The largest absolute Gasteiger partial charge is 0.299 e. The molecule has 4 aliphatic rings. The maximum atomic E-state index is 11.8. The average Bonchev–Trinajstić information content (AvgIpc) is 2.81. The Morgan fingerprint density at radius 2 is 2.00 bits per heavy atom. The standard InChI is InChI=1S/C19H26O/c1-18-9-3-4-16(18)15-6-5-13-12-14(20)7-11-19(13,2)17(15)8-10-18/h6,15-17H,3-4,7-12H2,1-2H3/t15-,16-,17-,18-,19-/m0/s1. The molecule has 0 N–H and O–H groups in total. The predicted octanol–water partition coefficient (Wildman–Crippen LogP) is 4.67. The fraction of sp³-hybridized carbons (Fsp3) is 0.789. The SMILES string of the molecule is C[C@@]12CCC[C@H]1[C@@H]1C=C=C3CC(=O)CC[C@]3(C)[C@H]1CC2. The Hall–Kier alpha value is -0.810. The molecular formula is C19H26O. The highest BCUT2D eigenvalue weighted by Gasteiger charge is 2.55. The predicted molar refractivity (Wildman–Crippen MR) is 80.2 cm³/mol. The normalized spacial score (nSPS) is 50.2. The van der Waals surface area contributed by atoms with Crippen molar-refractivity contribution in [3.05, 3.63) is 17.4 Å². The lowest BCUT2D eigenvalue weighted by molar-refractivity contribution is -0.121. The second-order valence-corrected chi connectivity index (χ2v) is 8.30. The van der Waals surface area contributed by atoms with Crippen molar-refractivity contribution >= 4 is 5.78 Å². The van der Waals surface area contributed by atoms with Crippen LogP contribution in [0.1, 0.15) is 65.2 Å². The van der Waals surface area contributed by atoms with E-state index in [4.69, 9.17) is 0 Å². The van der Waals surface area contributed by atoms with Gasteiger partial charge < -0.3 is 0 Å². The van der Waals surface area contributed by atoms with Gasteiger partial charge in [0.2, 0.25) is 0 Å². The molecule has 0 aliphatic heterocycles. The zero-order valence-electron chi connectivity index (χ0n) is 12.9. The van der Waals surface area contributed by atoms with Crippen LogP contribution in [0.2, 0.25) is 0 Å². The van der Waals surface area contributed by atoms with Gasteiger partial charge in [0.1, 0.15) is 5.78 Å². The summed E-state index contributed by atoms with van der Waals surface area (Å²) in [6.45, 7) is 4.96. The van der Waals surface area contributed by atoms with Gasteiger partial charge in [-0.2, -0.15) is 0 Å². The fourth-order valence-corrected chi connectivity index (χ4v) is 6.02. The van der Waals surface area contributed by atoms with E-state index in [1.807, 2.05) is 0 Å². The summed E-state index contributed by atoms with van der Waals surface area (Å²) in [6.07, 6.45) is 12.0. The highest BCUT2D eigenvalue weighted by Crippen LogP contribution is 2.63. The first-order valence-corrected chi connectivity index (χ1v) is 8.51. The van der Waals surface area contributed by atoms with Gasteiger partial charge in [0.15, 0.2) is 0 Å². The summed E-state index contributed by atoms with van der Waals surface area (Å²) in [5.74, 6) is 2.82. The van der Waals surface area contributed by atoms with Gasteiger partial charge in [0, 0.05) is 18.3 Å². The van der Waals surface area contributed by atoms with Gasteiger partial charge in [-0.25, -0.2) is 0 Å². The molecule has 4 rings (SSSR count). The second kappa shape index (κ2) is 4.10. The number of carbonyl (C=O) groups is 1. The molecule has 0 spiro atoms. The number of fused-ring (bicyclic) bond motifs is 5. The van der Waals surface area contributed by atoms with Crippen molar-refractivity contribution < 1.29 is 4.79 Å². The van der Waals surface area contributed by atoms with Gasteiger partial charge in [-0.3, -0.25) is 4.79 Å². The van der Waals surface area contributed by atoms with E-state index in [9.17, 15) is 4.79 Å². The minimum atomic E-state index is 0.275. The van der Waals surface area contributed by atoms with Crippen molar-refractivity contribution in [1.29, 1.82) is 0 Å². The summed E-state index contributed by atoms with van der Waals surface area (Å²) < 4.78 is 0. The summed E-state index contributed by atoms with van der Waals surface area (Å²) in [5.41, 5.74) is 5.79. The molecule has 5 atom stereocenters. The first-order valence-electron chi connectivity index (χ1n) is 8.51. The number of ketones is 1. The second-order valence-electron chi connectivity index (χ2n) is 8.30. The number of hydrogen-bond acceptors (Lipinski definition) is 1. The molecule has 1 heteroatoms. The van der Waals surface area contributed by atoms with E-state index in [1.165, 1.54) is 37.7 Å². The van der Waals surface area contributed by atoms with Crippen LogP contribution in [-0.4, -0.2) is 5.78 Å². The van der Waals surface area contributed by atoms with Gasteiger partial charge in [0.05, 0.1) is 0 Å².